The lowest BCUT2D eigenvalue weighted by molar-refractivity contribution is 0.253. The first-order valence-corrected chi connectivity index (χ1v) is 5.18. The van der Waals surface area contributed by atoms with Crippen molar-refractivity contribution in [1.82, 2.24) is 9.55 Å². The Kier molecular flexibility index (Phi) is 3.00. The van der Waals surface area contributed by atoms with Crippen LogP contribution in [0.5, 0.6) is 0 Å². The molecule has 1 aromatic carbocycles. The zero-order valence-electron chi connectivity index (χ0n) is 9.05. The molecule has 0 aliphatic carbocycles. The fourth-order valence-corrected chi connectivity index (χ4v) is 1.39. The zero-order chi connectivity index (χ0) is 11.4. The monoisotopic (exact) mass is 215 g/mol. The second-order valence-electron chi connectivity index (χ2n) is 3.45. The van der Waals surface area contributed by atoms with Gasteiger partial charge in [0.05, 0.1) is 0 Å². The molecule has 0 saturated carbocycles. The van der Waals surface area contributed by atoms with Gasteiger partial charge in [0.15, 0.2) is 0 Å². The number of rotatable bonds is 2. The second kappa shape index (κ2) is 4.61. The molecule has 1 N–H and O–H groups in total. The van der Waals surface area contributed by atoms with Crippen LogP contribution in [0.15, 0.2) is 43.0 Å². The van der Waals surface area contributed by atoms with Crippen molar-refractivity contribution < 1.29 is 4.79 Å². The maximum atomic E-state index is 11.6. The highest BCUT2D eigenvalue weighted by atomic mass is 16.2. The van der Waals surface area contributed by atoms with Crippen molar-refractivity contribution in [3.05, 3.63) is 48.5 Å². The van der Waals surface area contributed by atoms with Crippen LogP contribution in [0.3, 0.4) is 0 Å². The number of hydrogen-bond donors (Lipinski definition) is 1. The van der Waals surface area contributed by atoms with Crippen LogP contribution in [0.25, 0.3) is 0 Å². The van der Waals surface area contributed by atoms with Gasteiger partial charge in [0.1, 0.15) is 6.33 Å². The highest BCUT2D eigenvalue weighted by Gasteiger charge is 2.03. The van der Waals surface area contributed by atoms with E-state index in [-0.39, 0.29) is 6.03 Å². The number of hydrogen-bond acceptors (Lipinski definition) is 2. The largest absolute Gasteiger partial charge is 0.331 e. The van der Waals surface area contributed by atoms with Gasteiger partial charge in [-0.3, -0.25) is 4.57 Å². The van der Waals surface area contributed by atoms with Crippen LogP contribution < -0.4 is 5.32 Å². The van der Waals surface area contributed by atoms with E-state index in [0.29, 0.717) is 0 Å². The van der Waals surface area contributed by atoms with Crippen LogP contribution >= 0.6 is 0 Å². The summed E-state index contributed by atoms with van der Waals surface area (Å²) in [4.78, 5) is 15.5. The molecule has 0 fully saturated rings. The van der Waals surface area contributed by atoms with Crippen molar-refractivity contribution in [2.75, 3.05) is 5.32 Å². The summed E-state index contributed by atoms with van der Waals surface area (Å²) in [6.45, 7) is 2.10. The summed E-state index contributed by atoms with van der Waals surface area (Å²) in [5, 5.41) is 2.78. The molecular weight excluding hydrogens is 202 g/mol. The summed E-state index contributed by atoms with van der Waals surface area (Å²) in [6, 6.07) is 7.59. The van der Waals surface area contributed by atoms with E-state index in [4.69, 9.17) is 0 Å². The van der Waals surface area contributed by atoms with Gasteiger partial charge in [-0.25, -0.2) is 9.78 Å². The first-order chi connectivity index (χ1) is 7.79. The Morgan fingerprint density at radius 1 is 1.38 bits per heavy atom. The topological polar surface area (TPSA) is 46.9 Å². The third-order valence-electron chi connectivity index (χ3n) is 2.35. The molecule has 2 rings (SSSR count). The van der Waals surface area contributed by atoms with Gasteiger partial charge in [0.2, 0.25) is 0 Å². The molecule has 0 bridgehead atoms. The van der Waals surface area contributed by atoms with E-state index in [1.165, 1.54) is 16.5 Å². The number of nitrogens with one attached hydrogen (secondary N) is 1. The van der Waals surface area contributed by atoms with Crippen molar-refractivity contribution in [1.29, 1.82) is 0 Å². The van der Waals surface area contributed by atoms with Crippen LogP contribution in [0, 0.1) is 0 Å². The van der Waals surface area contributed by atoms with Crippen molar-refractivity contribution >= 4 is 11.7 Å². The first kappa shape index (κ1) is 10.4. The van der Waals surface area contributed by atoms with E-state index in [1.807, 2.05) is 24.3 Å². The maximum Gasteiger partial charge on any atom is 0.331 e. The van der Waals surface area contributed by atoms with Crippen molar-refractivity contribution in [3.8, 4) is 0 Å². The van der Waals surface area contributed by atoms with E-state index in [0.717, 1.165) is 12.1 Å². The van der Waals surface area contributed by atoms with Gasteiger partial charge >= 0.3 is 6.03 Å². The molecule has 1 heterocycles. The fourth-order valence-electron chi connectivity index (χ4n) is 1.39. The quantitative estimate of drug-likeness (QED) is 0.836. The molecule has 0 aliphatic heterocycles. The van der Waals surface area contributed by atoms with Crippen LogP contribution in [-0.2, 0) is 6.42 Å². The van der Waals surface area contributed by atoms with Gasteiger partial charge < -0.3 is 5.32 Å². The molecule has 2 aromatic rings. The molecule has 1 amide bonds. The molecule has 16 heavy (non-hydrogen) atoms. The summed E-state index contributed by atoms with van der Waals surface area (Å²) < 4.78 is 1.40. The second-order valence-corrected chi connectivity index (χ2v) is 3.45. The number of carbonyl (C=O) groups is 1. The Labute approximate surface area is 93.9 Å². The highest BCUT2D eigenvalue weighted by Crippen LogP contribution is 2.10. The molecule has 4 heteroatoms. The number of aromatic nitrogens is 2. The van der Waals surface area contributed by atoms with E-state index in [1.54, 1.807) is 12.4 Å². The number of amides is 1. The van der Waals surface area contributed by atoms with E-state index in [9.17, 15) is 4.79 Å². The molecule has 0 saturated heterocycles. The Hall–Kier alpha value is -2.10. The van der Waals surface area contributed by atoms with E-state index < -0.39 is 0 Å². The molecular formula is C12H13N3O. The number of carbonyl (C=O) groups excluding carboxylic acids is 1. The molecule has 0 radical (unpaired) electrons. The summed E-state index contributed by atoms with van der Waals surface area (Å²) in [7, 11) is 0. The minimum atomic E-state index is -0.207. The maximum absolute atomic E-state index is 11.6. The average Bonchev–Trinajstić information content (AvgIpc) is 2.83. The fraction of sp³-hybridized carbons (Fsp3) is 0.167. The van der Waals surface area contributed by atoms with Gasteiger partial charge in [0.25, 0.3) is 0 Å². The number of nitrogens with zero attached hydrogens (tertiary/aromatic N) is 2. The van der Waals surface area contributed by atoms with Gasteiger partial charge in [-0.1, -0.05) is 19.1 Å². The summed E-state index contributed by atoms with van der Waals surface area (Å²) in [6.07, 6.45) is 5.64. The van der Waals surface area contributed by atoms with Crippen LogP contribution in [0.4, 0.5) is 10.5 Å². The van der Waals surface area contributed by atoms with E-state index >= 15 is 0 Å². The van der Waals surface area contributed by atoms with Crippen LogP contribution in [-0.4, -0.2) is 15.6 Å². The molecule has 0 aliphatic rings. The highest BCUT2D eigenvalue weighted by molar-refractivity contribution is 5.90. The van der Waals surface area contributed by atoms with Crippen molar-refractivity contribution in [2.24, 2.45) is 0 Å². The van der Waals surface area contributed by atoms with Crippen LogP contribution in [0.1, 0.15) is 12.5 Å². The molecule has 1 aromatic heterocycles. The lowest BCUT2D eigenvalue weighted by Crippen LogP contribution is -2.17. The normalized spacial score (nSPS) is 10.1. The molecule has 0 unspecified atom stereocenters. The van der Waals surface area contributed by atoms with Crippen molar-refractivity contribution in [3.63, 3.8) is 0 Å². The Bertz CT molecular complexity index is 460. The Morgan fingerprint density at radius 3 is 2.69 bits per heavy atom. The SMILES string of the molecule is CCc1ccc(NC(=O)n2ccnc2)cc1. The van der Waals surface area contributed by atoms with Gasteiger partial charge in [-0.15, -0.1) is 0 Å². The summed E-state index contributed by atoms with van der Waals surface area (Å²) in [5.74, 6) is 0. The molecule has 0 spiro atoms. The Morgan fingerprint density at radius 2 is 2.12 bits per heavy atom. The minimum absolute atomic E-state index is 0.207. The van der Waals surface area contributed by atoms with Crippen LogP contribution in [0.2, 0.25) is 0 Å². The lowest BCUT2D eigenvalue weighted by atomic mass is 10.1. The number of aryl methyl sites for hydroxylation is 1. The predicted octanol–water partition coefficient (Wildman–Crippen LogP) is 2.53. The van der Waals surface area contributed by atoms with Crippen molar-refractivity contribution in [2.45, 2.75) is 13.3 Å². The van der Waals surface area contributed by atoms with Gasteiger partial charge in [0, 0.05) is 18.1 Å². The molecule has 82 valence electrons. The zero-order valence-corrected chi connectivity index (χ0v) is 9.05. The third kappa shape index (κ3) is 2.28. The minimum Gasteiger partial charge on any atom is -0.307 e. The predicted molar refractivity (Wildman–Crippen MR) is 62.5 cm³/mol. The van der Waals surface area contributed by atoms with Gasteiger partial charge in [-0.2, -0.15) is 0 Å². The first-order valence-electron chi connectivity index (χ1n) is 5.18. The smallest absolute Gasteiger partial charge is 0.307 e. The summed E-state index contributed by atoms with van der Waals surface area (Å²) in [5.41, 5.74) is 2.04. The Balaban J connectivity index is 2.06. The van der Waals surface area contributed by atoms with E-state index in [2.05, 4.69) is 17.2 Å². The number of anilines is 1. The molecule has 4 nitrogen and oxygen atoms in total. The lowest BCUT2D eigenvalue weighted by Gasteiger charge is -2.05. The van der Waals surface area contributed by atoms with Gasteiger partial charge in [-0.05, 0) is 24.1 Å². The standard InChI is InChI=1S/C12H13N3O/c1-2-10-3-5-11(6-4-10)14-12(16)15-8-7-13-9-15/h3-9H,2H2,1H3,(H,14,16). The average molecular weight is 215 g/mol. The third-order valence-corrected chi connectivity index (χ3v) is 2.35. The molecule has 0 atom stereocenters. The summed E-state index contributed by atoms with van der Waals surface area (Å²) >= 11 is 0. The number of benzene rings is 1. The number of imidazole rings is 1.